The number of likely N-dealkylation sites (tertiary alicyclic amines) is 1. The zero-order valence-corrected chi connectivity index (χ0v) is 12.0. The third-order valence-corrected chi connectivity index (χ3v) is 3.78. The van der Waals surface area contributed by atoms with Crippen molar-refractivity contribution in [1.82, 2.24) is 4.90 Å². The van der Waals surface area contributed by atoms with E-state index in [4.69, 9.17) is 4.74 Å². The van der Waals surface area contributed by atoms with Crippen molar-refractivity contribution in [3.05, 3.63) is 35.6 Å². The fourth-order valence-corrected chi connectivity index (χ4v) is 2.74. The Bertz CT molecular complexity index is 442. The number of ether oxygens (including phenoxy) is 1. The van der Waals surface area contributed by atoms with Gasteiger partial charge in [-0.3, -0.25) is 9.69 Å². The van der Waals surface area contributed by atoms with Crippen LogP contribution < -0.4 is 0 Å². The van der Waals surface area contributed by atoms with E-state index in [1.165, 1.54) is 6.07 Å². The van der Waals surface area contributed by atoms with E-state index in [9.17, 15) is 9.18 Å². The van der Waals surface area contributed by atoms with Gasteiger partial charge in [-0.2, -0.15) is 0 Å². The number of hydrogen-bond donors (Lipinski definition) is 0. The highest BCUT2D eigenvalue weighted by molar-refractivity contribution is 5.71. The van der Waals surface area contributed by atoms with Gasteiger partial charge in [0.15, 0.2) is 0 Å². The second-order valence-corrected chi connectivity index (χ2v) is 5.36. The minimum Gasteiger partial charge on any atom is -0.465 e. The topological polar surface area (TPSA) is 29.5 Å². The molecular weight excluding hydrogens is 257 g/mol. The summed E-state index contributed by atoms with van der Waals surface area (Å²) < 4.78 is 18.1. The molecule has 0 N–H and O–H groups in total. The molecule has 1 aromatic rings. The van der Waals surface area contributed by atoms with E-state index in [2.05, 4.69) is 4.90 Å². The molecule has 1 saturated heterocycles. The van der Waals surface area contributed by atoms with Gasteiger partial charge in [-0.25, -0.2) is 4.39 Å². The van der Waals surface area contributed by atoms with E-state index >= 15 is 0 Å². The normalized spacial score (nSPS) is 17.1. The van der Waals surface area contributed by atoms with Crippen molar-refractivity contribution >= 4 is 5.97 Å². The van der Waals surface area contributed by atoms with Crippen LogP contribution >= 0.6 is 0 Å². The molecule has 0 unspecified atom stereocenters. The van der Waals surface area contributed by atoms with Gasteiger partial charge in [0.05, 0.1) is 13.2 Å². The van der Waals surface area contributed by atoms with Crippen LogP contribution in [0.3, 0.4) is 0 Å². The van der Waals surface area contributed by atoms with Gasteiger partial charge in [0.2, 0.25) is 0 Å². The largest absolute Gasteiger partial charge is 0.465 e. The van der Waals surface area contributed by atoms with Gasteiger partial charge >= 0.3 is 5.97 Å². The van der Waals surface area contributed by atoms with E-state index in [0.717, 1.165) is 37.9 Å². The summed E-state index contributed by atoms with van der Waals surface area (Å²) in [5.74, 6) is 0.272. The summed E-state index contributed by atoms with van der Waals surface area (Å²) in [6.45, 7) is 4.48. The lowest BCUT2D eigenvalue weighted by Crippen LogP contribution is -2.38. The average molecular weight is 279 g/mol. The zero-order chi connectivity index (χ0) is 14.4. The fourth-order valence-electron chi connectivity index (χ4n) is 2.74. The number of hydrogen-bond acceptors (Lipinski definition) is 3. The third-order valence-electron chi connectivity index (χ3n) is 3.78. The van der Waals surface area contributed by atoms with Gasteiger partial charge < -0.3 is 4.74 Å². The first-order valence-electron chi connectivity index (χ1n) is 7.29. The second kappa shape index (κ2) is 7.39. The number of benzene rings is 1. The zero-order valence-electron chi connectivity index (χ0n) is 12.0. The van der Waals surface area contributed by atoms with Crippen LogP contribution in [0.25, 0.3) is 0 Å². The summed E-state index contributed by atoms with van der Waals surface area (Å²) in [5.41, 5.74) is 1.06. The monoisotopic (exact) mass is 279 g/mol. The van der Waals surface area contributed by atoms with Crippen molar-refractivity contribution in [2.45, 2.75) is 26.2 Å². The predicted octanol–water partition coefficient (Wildman–Crippen LogP) is 2.64. The Morgan fingerprint density at radius 3 is 2.80 bits per heavy atom. The summed E-state index contributed by atoms with van der Waals surface area (Å²) in [4.78, 5) is 13.6. The number of piperidine rings is 1. The van der Waals surface area contributed by atoms with Gasteiger partial charge in [0.25, 0.3) is 0 Å². The molecule has 0 aromatic heterocycles. The van der Waals surface area contributed by atoms with Gasteiger partial charge in [0.1, 0.15) is 5.82 Å². The van der Waals surface area contributed by atoms with Crippen molar-refractivity contribution in [3.63, 3.8) is 0 Å². The molecule has 4 heteroatoms. The highest BCUT2D eigenvalue weighted by Crippen LogP contribution is 2.21. The van der Waals surface area contributed by atoms with E-state index in [0.29, 0.717) is 19.1 Å². The van der Waals surface area contributed by atoms with Gasteiger partial charge in [0, 0.05) is 0 Å². The Morgan fingerprint density at radius 2 is 2.15 bits per heavy atom. The number of carbonyl (C=O) groups excluding carboxylic acids is 1. The molecule has 0 radical (unpaired) electrons. The molecular formula is C16H22FNO2. The van der Waals surface area contributed by atoms with E-state index in [1.807, 2.05) is 13.0 Å². The first-order valence-corrected chi connectivity index (χ1v) is 7.29. The Morgan fingerprint density at radius 1 is 1.40 bits per heavy atom. The smallest absolute Gasteiger partial charge is 0.320 e. The standard InChI is InChI=1S/C16H22FNO2/c1-2-20-16(19)12-18-8-6-13(7-9-18)10-14-4-3-5-15(17)11-14/h3-5,11,13H,2,6-10,12H2,1H3. The maximum atomic E-state index is 13.1. The fraction of sp³-hybridized carbons (Fsp3) is 0.562. The molecule has 1 heterocycles. The molecule has 0 spiro atoms. The second-order valence-electron chi connectivity index (χ2n) is 5.36. The predicted molar refractivity (Wildman–Crippen MR) is 75.9 cm³/mol. The Labute approximate surface area is 119 Å². The Hall–Kier alpha value is -1.42. The highest BCUT2D eigenvalue weighted by Gasteiger charge is 2.21. The SMILES string of the molecule is CCOC(=O)CN1CCC(Cc2cccc(F)c2)CC1. The first-order chi connectivity index (χ1) is 9.67. The highest BCUT2D eigenvalue weighted by atomic mass is 19.1. The molecule has 1 aromatic carbocycles. The van der Waals surface area contributed by atoms with Crippen molar-refractivity contribution in [2.24, 2.45) is 5.92 Å². The molecule has 2 rings (SSSR count). The number of halogens is 1. The molecule has 0 bridgehead atoms. The summed E-state index contributed by atoms with van der Waals surface area (Å²) in [5, 5.41) is 0. The number of esters is 1. The molecule has 0 saturated carbocycles. The molecule has 1 fully saturated rings. The molecule has 110 valence electrons. The van der Waals surface area contributed by atoms with Crippen LogP contribution in [0.2, 0.25) is 0 Å². The number of nitrogens with zero attached hydrogens (tertiary/aromatic N) is 1. The Kier molecular flexibility index (Phi) is 5.53. The molecule has 0 amide bonds. The lowest BCUT2D eigenvalue weighted by Gasteiger charge is -2.31. The maximum Gasteiger partial charge on any atom is 0.320 e. The van der Waals surface area contributed by atoms with Gasteiger partial charge in [-0.05, 0) is 62.9 Å². The van der Waals surface area contributed by atoms with E-state index in [1.54, 1.807) is 12.1 Å². The average Bonchev–Trinajstić information content (AvgIpc) is 2.41. The van der Waals surface area contributed by atoms with Crippen molar-refractivity contribution in [3.8, 4) is 0 Å². The lowest BCUT2D eigenvalue weighted by atomic mass is 9.90. The van der Waals surface area contributed by atoms with E-state index < -0.39 is 0 Å². The molecule has 1 aliphatic rings. The minimum absolute atomic E-state index is 0.143. The van der Waals surface area contributed by atoms with Crippen LogP contribution in [0.1, 0.15) is 25.3 Å². The van der Waals surface area contributed by atoms with E-state index in [-0.39, 0.29) is 11.8 Å². The summed E-state index contributed by atoms with van der Waals surface area (Å²) >= 11 is 0. The lowest BCUT2D eigenvalue weighted by molar-refractivity contribution is -0.144. The summed E-state index contributed by atoms with van der Waals surface area (Å²) in [7, 11) is 0. The van der Waals surface area contributed by atoms with Gasteiger partial charge in [-0.1, -0.05) is 12.1 Å². The van der Waals surface area contributed by atoms with Crippen LogP contribution in [0.5, 0.6) is 0 Å². The molecule has 1 aliphatic heterocycles. The van der Waals surface area contributed by atoms with Crippen molar-refractivity contribution in [1.29, 1.82) is 0 Å². The minimum atomic E-state index is -0.165. The van der Waals surface area contributed by atoms with Gasteiger partial charge in [-0.15, -0.1) is 0 Å². The summed E-state index contributed by atoms with van der Waals surface area (Å²) in [6, 6.07) is 6.84. The molecule has 0 atom stereocenters. The van der Waals surface area contributed by atoms with Crippen LogP contribution in [0, 0.1) is 11.7 Å². The van der Waals surface area contributed by atoms with Crippen molar-refractivity contribution in [2.75, 3.05) is 26.2 Å². The first kappa shape index (κ1) is 15.0. The molecule has 0 aliphatic carbocycles. The van der Waals surface area contributed by atoms with Crippen LogP contribution in [0.15, 0.2) is 24.3 Å². The molecule has 3 nitrogen and oxygen atoms in total. The number of carbonyl (C=O) groups is 1. The number of rotatable bonds is 5. The molecule has 20 heavy (non-hydrogen) atoms. The van der Waals surface area contributed by atoms with Crippen LogP contribution in [0.4, 0.5) is 4.39 Å². The van der Waals surface area contributed by atoms with Crippen molar-refractivity contribution < 1.29 is 13.9 Å². The third kappa shape index (κ3) is 4.60. The quantitative estimate of drug-likeness (QED) is 0.776. The Balaban J connectivity index is 1.75. The summed E-state index contributed by atoms with van der Waals surface area (Å²) in [6.07, 6.45) is 3.02. The van der Waals surface area contributed by atoms with Crippen LogP contribution in [-0.4, -0.2) is 37.1 Å². The maximum absolute atomic E-state index is 13.1. The van der Waals surface area contributed by atoms with Crippen LogP contribution in [-0.2, 0) is 16.0 Å².